The van der Waals surface area contributed by atoms with Crippen LogP contribution in [0.3, 0.4) is 0 Å². The summed E-state index contributed by atoms with van der Waals surface area (Å²) in [6.07, 6.45) is 17.7. The second kappa shape index (κ2) is 18.8. The van der Waals surface area contributed by atoms with Crippen molar-refractivity contribution in [1.82, 2.24) is 5.53 Å². The van der Waals surface area contributed by atoms with Crippen molar-refractivity contribution in [2.24, 2.45) is 5.41 Å². The number of nitrogens with one attached hydrogen (secondary N) is 3. The smallest absolute Gasteiger partial charge is 0.338 e. The van der Waals surface area contributed by atoms with Gasteiger partial charge in [-0.3, -0.25) is 14.6 Å². The number of Topliss-reactive ketones (excluding diaryl/α,β-unsaturated/α-hetero) is 1. The van der Waals surface area contributed by atoms with Gasteiger partial charge in [0, 0.05) is 5.41 Å². The number of unbranched alkanes of at least 4 members (excludes halogenated alkanes) is 13. The number of esters is 1. The van der Waals surface area contributed by atoms with E-state index < -0.39 is 23.3 Å². The number of anilines is 3. The van der Waals surface area contributed by atoms with Gasteiger partial charge in [0.1, 0.15) is 0 Å². The lowest BCUT2D eigenvalue weighted by atomic mass is 9.85. The van der Waals surface area contributed by atoms with Crippen LogP contribution in [0.5, 0.6) is 0 Å². The van der Waals surface area contributed by atoms with Gasteiger partial charge in [-0.15, -0.1) is 5.53 Å². The van der Waals surface area contributed by atoms with Crippen LogP contribution in [0.4, 0.5) is 17.1 Å². The number of para-hydroxylation sites is 2. The fourth-order valence-electron chi connectivity index (χ4n) is 5.43. The van der Waals surface area contributed by atoms with Gasteiger partial charge in [-0.05, 0) is 36.8 Å². The third-order valence-electron chi connectivity index (χ3n) is 8.16. The van der Waals surface area contributed by atoms with Crippen molar-refractivity contribution in [3.05, 3.63) is 53.1 Å². The number of halogens is 1. The number of carbonyl (C=O) groups is 3. The first-order valence-corrected chi connectivity index (χ1v) is 17.2. The van der Waals surface area contributed by atoms with Gasteiger partial charge in [-0.1, -0.05) is 135 Å². The molecule has 9 heteroatoms. The standard InChI is InChI=1S/C36H53ClN4O4/c1-5-6-7-8-9-10-11-12-13-14-15-16-17-20-25-45-35(44)27-23-24-28(37)30(26-27)38-34(43)32(33(42)36(2,3)4)41-31-22-19-18-21-29(31)39-40-41/h18-19,21-24,26,32,39-40H,5-17,20,25H2,1-4H3,(H,38,43). The number of rotatable bonds is 20. The molecule has 0 aromatic heterocycles. The van der Waals surface area contributed by atoms with E-state index in [2.05, 4.69) is 23.2 Å². The van der Waals surface area contributed by atoms with Crippen LogP contribution in [-0.2, 0) is 14.3 Å². The molecule has 8 nitrogen and oxygen atoms in total. The summed E-state index contributed by atoms with van der Waals surface area (Å²) in [6.45, 7) is 7.91. The van der Waals surface area contributed by atoms with Crippen molar-refractivity contribution in [3.63, 3.8) is 0 Å². The maximum atomic E-state index is 13.6. The Balaban J connectivity index is 1.44. The number of nitrogens with zero attached hydrogens (tertiary/aromatic N) is 1. The van der Waals surface area contributed by atoms with E-state index in [-0.39, 0.29) is 22.1 Å². The first-order chi connectivity index (χ1) is 21.6. The summed E-state index contributed by atoms with van der Waals surface area (Å²) >= 11 is 6.41. The highest BCUT2D eigenvalue weighted by atomic mass is 35.5. The number of carbonyl (C=O) groups excluding carboxylic acids is 3. The molecule has 1 unspecified atom stereocenters. The molecule has 2 aromatic carbocycles. The van der Waals surface area contributed by atoms with Gasteiger partial charge < -0.3 is 15.5 Å². The van der Waals surface area contributed by atoms with Crippen LogP contribution in [0, 0.1) is 5.41 Å². The molecule has 45 heavy (non-hydrogen) atoms. The van der Waals surface area contributed by atoms with E-state index in [4.69, 9.17) is 16.3 Å². The topological polar surface area (TPSA) is 99.8 Å². The predicted octanol–water partition coefficient (Wildman–Crippen LogP) is 9.25. The quantitative estimate of drug-likeness (QED) is 0.0753. The van der Waals surface area contributed by atoms with E-state index in [1.807, 2.05) is 24.3 Å². The fourth-order valence-corrected chi connectivity index (χ4v) is 5.60. The predicted molar refractivity (Wildman–Crippen MR) is 185 cm³/mol. The summed E-state index contributed by atoms with van der Waals surface area (Å²) in [7, 11) is 0. The van der Waals surface area contributed by atoms with Crippen LogP contribution < -0.4 is 21.3 Å². The highest BCUT2D eigenvalue weighted by molar-refractivity contribution is 6.34. The third kappa shape index (κ3) is 11.6. The molecule has 1 amide bonds. The minimum absolute atomic E-state index is 0.236. The van der Waals surface area contributed by atoms with E-state index in [1.54, 1.807) is 32.9 Å². The summed E-state index contributed by atoms with van der Waals surface area (Å²) in [5.74, 6) is -1.33. The molecule has 0 saturated heterocycles. The Kier molecular flexibility index (Phi) is 15.2. The van der Waals surface area contributed by atoms with Crippen LogP contribution in [0.1, 0.15) is 128 Å². The molecule has 0 fully saturated rings. The van der Waals surface area contributed by atoms with E-state index in [0.717, 1.165) is 24.9 Å². The van der Waals surface area contributed by atoms with Crippen molar-refractivity contribution in [2.75, 3.05) is 22.4 Å². The molecular formula is C36H53ClN4O4. The number of hydrogen-bond acceptors (Lipinski definition) is 7. The Morgan fingerprint density at radius 1 is 0.844 bits per heavy atom. The normalized spacial score (nSPS) is 13.2. The zero-order chi connectivity index (χ0) is 32.7. The average Bonchev–Trinajstić information content (AvgIpc) is 3.43. The SMILES string of the molecule is CCCCCCCCCCCCCCCCOC(=O)c1ccc(Cl)c(NC(=O)C(C(=O)C(C)(C)C)N2NNc3ccccc32)c1. The van der Waals surface area contributed by atoms with Crippen molar-refractivity contribution >= 4 is 46.3 Å². The van der Waals surface area contributed by atoms with Gasteiger partial charge in [0.2, 0.25) is 0 Å². The van der Waals surface area contributed by atoms with Crippen LogP contribution in [0.2, 0.25) is 5.02 Å². The monoisotopic (exact) mass is 640 g/mol. The van der Waals surface area contributed by atoms with Crippen molar-refractivity contribution in [2.45, 2.75) is 124 Å². The highest BCUT2D eigenvalue weighted by Crippen LogP contribution is 2.33. The Hall–Kier alpha value is -3.10. The molecule has 3 N–H and O–H groups in total. The lowest BCUT2D eigenvalue weighted by Crippen LogP contribution is -2.57. The molecule has 0 radical (unpaired) electrons. The molecule has 2 aromatic rings. The van der Waals surface area contributed by atoms with E-state index in [0.29, 0.717) is 12.3 Å². The lowest BCUT2D eigenvalue weighted by Gasteiger charge is -2.31. The zero-order valence-electron chi connectivity index (χ0n) is 27.7. The molecule has 0 aliphatic carbocycles. The average molecular weight is 641 g/mol. The number of hydrazine groups is 2. The number of benzene rings is 2. The molecule has 1 aliphatic rings. The van der Waals surface area contributed by atoms with Crippen molar-refractivity contribution < 1.29 is 19.1 Å². The number of ketones is 1. The molecule has 0 saturated carbocycles. The largest absolute Gasteiger partial charge is 0.462 e. The third-order valence-corrected chi connectivity index (χ3v) is 8.49. The van der Waals surface area contributed by atoms with Gasteiger partial charge >= 0.3 is 5.97 Å². The van der Waals surface area contributed by atoms with Crippen LogP contribution >= 0.6 is 11.6 Å². The van der Waals surface area contributed by atoms with Crippen LogP contribution in [0.25, 0.3) is 0 Å². The fraction of sp³-hybridized carbons (Fsp3) is 0.583. The van der Waals surface area contributed by atoms with Gasteiger partial charge in [-0.25, -0.2) is 4.79 Å². The second-order valence-corrected chi connectivity index (χ2v) is 13.5. The summed E-state index contributed by atoms with van der Waals surface area (Å²) in [5.41, 5.74) is 7.08. The first-order valence-electron chi connectivity index (χ1n) is 16.8. The number of amides is 1. The minimum atomic E-state index is -1.20. The summed E-state index contributed by atoms with van der Waals surface area (Å²) in [5, 5.41) is 4.55. The van der Waals surface area contributed by atoms with Crippen molar-refractivity contribution in [1.29, 1.82) is 0 Å². The van der Waals surface area contributed by atoms with Gasteiger partial charge in [0.25, 0.3) is 5.91 Å². The summed E-state index contributed by atoms with van der Waals surface area (Å²) < 4.78 is 5.51. The molecule has 0 spiro atoms. The van der Waals surface area contributed by atoms with Gasteiger partial charge in [-0.2, -0.15) is 0 Å². The molecule has 1 heterocycles. The van der Waals surface area contributed by atoms with Gasteiger partial charge in [0.05, 0.1) is 34.3 Å². The highest BCUT2D eigenvalue weighted by Gasteiger charge is 2.42. The minimum Gasteiger partial charge on any atom is -0.462 e. The molecule has 3 rings (SSSR count). The molecule has 1 atom stereocenters. The lowest BCUT2D eigenvalue weighted by molar-refractivity contribution is -0.132. The molecule has 0 bridgehead atoms. The number of hydrogen-bond donors (Lipinski definition) is 3. The summed E-state index contributed by atoms with van der Waals surface area (Å²) in [6, 6.07) is 10.8. The van der Waals surface area contributed by atoms with E-state index in [9.17, 15) is 14.4 Å². The second-order valence-electron chi connectivity index (χ2n) is 13.1. The first kappa shape index (κ1) is 36.4. The summed E-state index contributed by atoms with van der Waals surface area (Å²) in [4.78, 5) is 39.9. The molecular weight excluding hydrogens is 588 g/mol. The maximum absolute atomic E-state index is 13.6. The van der Waals surface area contributed by atoms with E-state index in [1.165, 1.54) is 81.7 Å². The van der Waals surface area contributed by atoms with Crippen LogP contribution in [0.15, 0.2) is 42.5 Å². The molecule has 1 aliphatic heterocycles. The Morgan fingerprint density at radius 2 is 1.42 bits per heavy atom. The number of ether oxygens (including phenoxy) is 1. The Labute approximate surface area is 274 Å². The number of fused-ring (bicyclic) bond motifs is 1. The maximum Gasteiger partial charge on any atom is 0.338 e. The van der Waals surface area contributed by atoms with Crippen LogP contribution in [-0.4, -0.2) is 30.3 Å². The van der Waals surface area contributed by atoms with Gasteiger partial charge in [0.15, 0.2) is 11.8 Å². The van der Waals surface area contributed by atoms with Crippen molar-refractivity contribution in [3.8, 4) is 0 Å². The van der Waals surface area contributed by atoms with E-state index >= 15 is 0 Å². The zero-order valence-corrected chi connectivity index (χ0v) is 28.4. The molecule has 248 valence electrons. The Bertz CT molecular complexity index is 1250. The Morgan fingerprint density at radius 3 is 2.02 bits per heavy atom.